The molecule has 30 heavy (non-hydrogen) atoms. The highest BCUT2D eigenvalue weighted by Crippen LogP contribution is 2.34. The molecule has 0 saturated carbocycles. The molecule has 2 aromatic carbocycles. The van der Waals surface area contributed by atoms with E-state index in [0.29, 0.717) is 34.9 Å². The first-order chi connectivity index (χ1) is 14.5. The van der Waals surface area contributed by atoms with E-state index >= 15 is 0 Å². The van der Waals surface area contributed by atoms with Gasteiger partial charge in [-0.3, -0.25) is 0 Å². The zero-order chi connectivity index (χ0) is 21.5. The summed E-state index contributed by atoms with van der Waals surface area (Å²) in [5.74, 6) is 0.639. The summed E-state index contributed by atoms with van der Waals surface area (Å²) in [7, 11) is 1.55. The van der Waals surface area contributed by atoms with E-state index in [-0.39, 0.29) is 12.6 Å². The largest absolute Gasteiger partial charge is 0.493 e. The van der Waals surface area contributed by atoms with Gasteiger partial charge in [0.25, 0.3) is 0 Å². The summed E-state index contributed by atoms with van der Waals surface area (Å²) in [6.45, 7) is 4.41. The lowest BCUT2D eigenvalue weighted by molar-refractivity contribution is -0.140. The molecule has 0 bridgehead atoms. The predicted molar refractivity (Wildman–Crippen MR) is 112 cm³/mol. The van der Waals surface area contributed by atoms with Gasteiger partial charge in [0, 0.05) is 5.70 Å². The molecular weight excluding hydrogens is 384 g/mol. The Kier molecular flexibility index (Phi) is 6.95. The van der Waals surface area contributed by atoms with Crippen molar-refractivity contribution in [2.45, 2.75) is 32.9 Å². The summed E-state index contributed by atoms with van der Waals surface area (Å²) in [6, 6.07) is 13.7. The maximum atomic E-state index is 12.9. The van der Waals surface area contributed by atoms with Crippen molar-refractivity contribution in [1.29, 1.82) is 0 Å². The van der Waals surface area contributed by atoms with Crippen molar-refractivity contribution in [1.82, 2.24) is 10.6 Å². The van der Waals surface area contributed by atoms with Gasteiger partial charge in [-0.05, 0) is 36.6 Å². The fraction of sp³-hybridized carbons (Fsp3) is 0.304. The molecule has 3 rings (SSSR count). The second kappa shape index (κ2) is 9.82. The number of esters is 1. The minimum Gasteiger partial charge on any atom is -0.493 e. The van der Waals surface area contributed by atoms with E-state index in [0.717, 1.165) is 12.0 Å². The maximum absolute atomic E-state index is 12.9. The molecule has 1 unspecified atom stereocenters. The smallest absolute Gasteiger partial charge is 0.338 e. The summed E-state index contributed by atoms with van der Waals surface area (Å²) in [5, 5.41) is 5.45. The van der Waals surface area contributed by atoms with Crippen LogP contribution in [0, 0.1) is 0 Å². The highest BCUT2D eigenvalue weighted by molar-refractivity contribution is 5.95. The van der Waals surface area contributed by atoms with Crippen LogP contribution in [-0.4, -0.2) is 25.7 Å². The third kappa shape index (κ3) is 4.92. The van der Waals surface area contributed by atoms with Crippen LogP contribution < -0.4 is 20.1 Å². The van der Waals surface area contributed by atoms with Gasteiger partial charge in [-0.1, -0.05) is 43.3 Å². The Hall–Kier alpha value is -3.48. The number of amides is 2. The van der Waals surface area contributed by atoms with Crippen molar-refractivity contribution >= 4 is 12.0 Å². The minimum atomic E-state index is -0.670. The topological polar surface area (TPSA) is 85.9 Å². The van der Waals surface area contributed by atoms with Gasteiger partial charge in [0.15, 0.2) is 11.5 Å². The molecule has 0 aromatic heterocycles. The molecule has 0 aliphatic carbocycles. The molecule has 1 aliphatic rings. The molecule has 1 atom stereocenters. The SMILES string of the molecule is CCCOc1ccc(C2NC(=O)NC(C)=C2C(=O)OCc2ccccc2)cc1OC. The molecule has 7 heteroatoms. The van der Waals surface area contributed by atoms with Crippen molar-refractivity contribution in [2.75, 3.05) is 13.7 Å². The van der Waals surface area contributed by atoms with Crippen LogP contribution in [0.15, 0.2) is 59.8 Å². The molecule has 0 spiro atoms. The fourth-order valence-corrected chi connectivity index (χ4v) is 3.21. The fourth-order valence-electron chi connectivity index (χ4n) is 3.21. The normalized spacial score (nSPS) is 15.8. The Morgan fingerprint density at radius 3 is 2.57 bits per heavy atom. The molecule has 2 aromatic rings. The van der Waals surface area contributed by atoms with Crippen molar-refractivity contribution in [3.8, 4) is 11.5 Å². The highest BCUT2D eigenvalue weighted by Gasteiger charge is 2.32. The molecule has 0 fully saturated rings. The first-order valence-electron chi connectivity index (χ1n) is 9.83. The number of urea groups is 1. The zero-order valence-corrected chi connectivity index (χ0v) is 17.4. The number of rotatable bonds is 8. The number of allylic oxidation sites excluding steroid dienone is 1. The highest BCUT2D eigenvalue weighted by atomic mass is 16.5. The van der Waals surface area contributed by atoms with Crippen molar-refractivity contribution in [3.05, 3.63) is 70.9 Å². The second-order valence-electron chi connectivity index (χ2n) is 6.89. The molecular formula is C23H26N2O5. The summed E-state index contributed by atoms with van der Waals surface area (Å²) in [5.41, 5.74) is 2.37. The number of ether oxygens (including phenoxy) is 3. The number of carbonyl (C=O) groups is 2. The second-order valence-corrected chi connectivity index (χ2v) is 6.89. The van der Waals surface area contributed by atoms with Crippen LogP contribution in [0.25, 0.3) is 0 Å². The lowest BCUT2D eigenvalue weighted by Gasteiger charge is -2.28. The number of methoxy groups -OCH3 is 1. The summed E-state index contributed by atoms with van der Waals surface area (Å²) in [6.07, 6.45) is 0.870. The summed E-state index contributed by atoms with van der Waals surface area (Å²) >= 11 is 0. The first kappa shape index (κ1) is 21.2. The van der Waals surface area contributed by atoms with Gasteiger partial charge in [-0.15, -0.1) is 0 Å². The molecule has 158 valence electrons. The van der Waals surface area contributed by atoms with Gasteiger partial charge in [0.05, 0.1) is 25.3 Å². The van der Waals surface area contributed by atoms with Crippen LogP contribution in [0.3, 0.4) is 0 Å². The van der Waals surface area contributed by atoms with Crippen LogP contribution in [0.2, 0.25) is 0 Å². The van der Waals surface area contributed by atoms with Gasteiger partial charge in [-0.25, -0.2) is 9.59 Å². The van der Waals surface area contributed by atoms with Crippen molar-refractivity contribution in [3.63, 3.8) is 0 Å². The lowest BCUT2D eigenvalue weighted by Crippen LogP contribution is -2.45. The Morgan fingerprint density at radius 1 is 1.10 bits per heavy atom. The number of hydrogen-bond donors (Lipinski definition) is 2. The Balaban J connectivity index is 1.86. The van der Waals surface area contributed by atoms with Crippen LogP contribution in [-0.2, 0) is 16.1 Å². The first-order valence-corrected chi connectivity index (χ1v) is 9.83. The van der Waals surface area contributed by atoms with E-state index in [1.54, 1.807) is 26.2 Å². The summed E-state index contributed by atoms with van der Waals surface area (Å²) < 4.78 is 16.7. The van der Waals surface area contributed by atoms with Gasteiger partial charge in [-0.2, -0.15) is 0 Å². The Morgan fingerprint density at radius 2 is 1.87 bits per heavy atom. The van der Waals surface area contributed by atoms with Gasteiger partial charge < -0.3 is 24.8 Å². The van der Waals surface area contributed by atoms with Crippen molar-refractivity contribution in [2.24, 2.45) is 0 Å². The van der Waals surface area contributed by atoms with Crippen LogP contribution in [0.5, 0.6) is 11.5 Å². The molecule has 0 saturated heterocycles. The molecule has 2 amide bonds. The number of carbonyl (C=O) groups excluding carboxylic acids is 2. The Labute approximate surface area is 176 Å². The monoisotopic (exact) mass is 410 g/mol. The van der Waals surface area contributed by atoms with Gasteiger partial charge >= 0.3 is 12.0 Å². The third-order valence-electron chi connectivity index (χ3n) is 4.68. The van der Waals surface area contributed by atoms with Gasteiger partial charge in [0.2, 0.25) is 0 Å². The average molecular weight is 410 g/mol. The number of benzene rings is 2. The Bertz CT molecular complexity index is 940. The lowest BCUT2D eigenvalue weighted by atomic mass is 9.95. The molecule has 0 radical (unpaired) electrons. The van der Waals surface area contributed by atoms with Crippen LogP contribution in [0.4, 0.5) is 4.79 Å². The summed E-state index contributed by atoms with van der Waals surface area (Å²) in [4.78, 5) is 25.0. The van der Waals surface area contributed by atoms with E-state index in [2.05, 4.69) is 10.6 Å². The maximum Gasteiger partial charge on any atom is 0.338 e. The zero-order valence-electron chi connectivity index (χ0n) is 17.4. The van der Waals surface area contributed by atoms with E-state index in [9.17, 15) is 9.59 Å². The third-order valence-corrected chi connectivity index (χ3v) is 4.68. The van der Waals surface area contributed by atoms with E-state index < -0.39 is 12.0 Å². The minimum absolute atomic E-state index is 0.143. The van der Waals surface area contributed by atoms with E-state index in [4.69, 9.17) is 14.2 Å². The average Bonchev–Trinajstić information content (AvgIpc) is 2.76. The van der Waals surface area contributed by atoms with Crippen molar-refractivity contribution < 1.29 is 23.8 Å². The molecule has 1 aliphatic heterocycles. The molecule has 7 nitrogen and oxygen atoms in total. The predicted octanol–water partition coefficient (Wildman–Crippen LogP) is 3.86. The number of nitrogens with one attached hydrogen (secondary N) is 2. The van der Waals surface area contributed by atoms with E-state index in [1.807, 2.05) is 43.3 Å². The molecule has 1 heterocycles. The van der Waals surface area contributed by atoms with E-state index in [1.165, 1.54) is 0 Å². The number of hydrogen-bond acceptors (Lipinski definition) is 5. The molecule has 2 N–H and O–H groups in total. The van der Waals surface area contributed by atoms with Crippen LogP contribution in [0.1, 0.15) is 37.4 Å². The van der Waals surface area contributed by atoms with Gasteiger partial charge in [0.1, 0.15) is 6.61 Å². The van der Waals surface area contributed by atoms with Crippen LogP contribution >= 0.6 is 0 Å². The standard InChI is InChI=1S/C23H26N2O5/c1-4-12-29-18-11-10-17(13-19(18)28-3)21-20(15(2)24-23(27)25-21)22(26)30-14-16-8-6-5-7-9-16/h5-11,13,21H,4,12,14H2,1-3H3,(H2,24,25,27). The quantitative estimate of drug-likeness (QED) is 0.646.